The Morgan fingerprint density at radius 1 is 1.17 bits per heavy atom. The largest absolute Gasteiger partial charge is 0.492 e. The summed E-state index contributed by atoms with van der Waals surface area (Å²) in [5.41, 5.74) is 1.15. The lowest BCUT2D eigenvalue weighted by Gasteiger charge is -2.23. The second-order valence-electron chi connectivity index (χ2n) is 4.48. The zero-order valence-corrected chi connectivity index (χ0v) is 11.3. The van der Waals surface area contributed by atoms with Crippen molar-refractivity contribution in [1.29, 1.82) is 0 Å². The lowest BCUT2D eigenvalue weighted by atomic mass is 10.3. The van der Waals surface area contributed by atoms with E-state index in [9.17, 15) is 0 Å². The first-order valence-electron chi connectivity index (χ1n) is 6.76. The summed E-state index contributed by atoms with van der Waals surface area (Å²) in [6.07, 6.45) is 6.77. The number of ether oxygens (including phenoxy) is 1. The second kappa shape index (κ2) is 6.34. The zero-order valence-electron chi connectivity index (χ0n) is 11.3. The molecule has 0 radical (unpaired) electrons. The quantitative estimate of drug-likeness (QED) is 0.764. The number of benzene rings is 1. The van der Waals surface area contributed by atoms with Gasteiger partial charge in [-0.15, -0.1) is 0 Å². The lowest BCUT2D eigenvalue weighted by Crippen LogP contribution is -2.26. The fraction of sp³-hybridized carbons (Fsp3) is 0.467. The van der Waals surface area contributed by atoms with Crippen molar-refractivity contribution < 1.29 is 4.74 Å². The number of hydrogen-bond donors (Lipinski definition) is 0. The predicted molar refractivity (Wildman–Crippen MR) is 75.7 cm³/mol. The molecule has 0 aliphatic carbocycles. The molecule has 0 atom stereocenters. The molecule has 0 amide bonds. The number of hydrogen-bond acceptors (Lipinski definition) is 3. The summed E-state index contributed by atoms with van der Waals surface area (Å²) < 4.78 is 5.67. The monoisotopic (exact) mass is 246 g/mol. The maximum Gasteiger partial charge on any atom is 0.142 e. The molecule has 0 N–H and O–H groups in total. The molecule has 0 fully saturated rings. The normalized spacial score (nSPS) is 14.3. The Bertz CT molecular complexity index is 403. The molecule has 3 nitrogen and oxygen atoms in total. The Morgan fingerprint density at radius 2 is 2.00 bits per heavy atom. The van der Waals surface area contributed by atoms with Crippen LogP contribution < -0.4 is 9.64 Å². The molecule has 18 heavy (non-hydrogen) atoms. The lowest BCUT2D eigenvalue weighted by molar-refractivity contribution is 0.339. The van der Waals surface area contributed by atoms with Crippen LogP contribution >= 0.6 is 0 Å². The van der Waals surface area contributed by atoms with Crippen LogP contribution in [-0.4, -0.2) is 24.7 Å². The fourth-order valence-corrected chi connectivity index (χ4v) is 2.10. The van der Waals surface area contributed by atoms with Crippen LogP contribution in [0.5, 0.6) is 5.75 Å². The van der Waals surface area contributed by atoms with Gasteiger partial charge in [0.1, 0.15) is 5.75 Å². The Morgan fingerprint density at radius 3 is 2.78 bits per heavy atom. The van der Waals surface area contributed by atoms with Gasteiger partial charge in [-0.3, -0.25) is 0 Å². The van der Waals surface area contributed by atoms with E-state index in [0.717, 1.165) is 24.7 Å². The van der Waals surface area contributed by atoms with Crippen LogP contribution in [0.3, 0.4) is 0 Å². The Balaban J connectivity index is 2.03. The number of rotatable bonds is 6. The summed E-state index contributed by atoms with van der Waals surface area (Å²) in [7, 11) is 0. The summed E-state index contributed by atoms with van der Waals surface area (Å²) in [6.45, 7) is 6.99. The van der Waals surface area contributed by atoms with E-state index in [-0.39, 0.29) is 0 Å². The molecular weight excluding hydrogens is 224 g/mol. The highest BCUT2D eigenvalue weighted by Gasteiger charge is 2.16. The minimum absolute atomic E-state index is 0.702. The molecular formula is C15H22N2O. The summed E-state index contributed by atoms with van der Waals surface area (Å²) >= 11 is 0. The molecule has 1 heterocycles. The summed E-state index contributed by atoms with van der Waals surface area (Å²) in [6, 6.07) is 8.21. The summed E-state index contributed by atoms with van der Waals surface area (Å²) in [5.74, 6) is 0.960. The first-order chi connectivity index (χ1) is 8.85. The van der Waals surface area contributed by atoms with Gasteiger partial charge < -0.3 is 14.5 Å². The van der Waals surface area contributed by atoms with Crippen LogP contribution in [0.15, 0.2) is 36.7 Å². The van der Waals surface area contributed by atoms with Crippen LogP contribution in [-0.2, 0) is 0 Å². The Labute approximate surface area is 110 Å². The average Bonchev–Trinajstić information content (AvgIpc) is 2.86. The summed E-state index contributed by atoms with van der Waals surface area (Å²) in [4.78, 5) is 4.58. The molecule has 1 aromatic carbocycles. The van der Waals surface area contributed by atoms with E-state index in [0.29, 0.717) is 6.61 Å². The second-order valence-corrected chi connectivity index (χ2v) is 4.48. The minimum atomic E-state index is 0.702. The highest BCUT2D eigenvalue weighted by atomic mass is 16.5. The topological polar surface area (TPSA) is 15.7 Å². The third-order valence-electron chi connectivity index (χ3n) is 3.06. The standard InChI is InChI=1S/C15H22N2O/c1-3-5-10-16-11-12-17(13-16)14-8-6-7-9-15(14)18-4-2/h6-9,11-12H,3-5,10,13H2,1-2H3. The van der Waals surface area contributed by atoms with Gasteiger partial charge in [0.05, 0.1) is 19.0 Å². The van der Waals surface area contributed by atoms with Gasteiger partial charge >= 0.3 is 0 Å². The van der Waals surface area contributed by atoms with Crippen LogP contribution in [0.4, 0.5) is 5.69 Å². The van der Waals surface area contributed by atoms with Gasteiger partial charge in [-0.05, 0) is 25.5 Å². The van der Waals surface area contributed by atoms with Crippen LogP contribution in [0.25, 0.3) is 0 Å². The van der Waals surface area contributed by atoms with E-state index in [1.54, 1.807) is 0 Å². The number of unbranched alkanes of at least 4 members (excludes halogenated alkanes) is 1. The Hall–Kier alpha value is -1.64. The molecule has 1 aliphatic heterocycles. The number of nitrogens with zero attached hydrogens (tertiary/aromatic N) is 2. The van der Waals surface area contributed by atoms with Gasteiger partial charge in [0.25, 0.3) is 0 Å². The van der Waals surface area contributed by atoms with Gasteiger partial charge in [-0.25, -0.2) is 0 Å². The van der Waals surface area contributed by atoms with Crippen LogP contribution in [0.1, 0.15) is 26.7 Å². The molecule has 98 valence electrons. The third-order valence-corrected chi connectivity index (χ3v) is 3.06. The first-order valence-corrected chi connectivity index (χ1v) is 6.76. The van der Waals surface area contributed by atoms with Crippen LogP contribution in [0, 0.1) is 0 Å². The SMILES string of the molecule is CCCCN1C=CN(c2ccccc2OCC)C1. The van der Waals surface area contributed by atoms with E-state index >= 15 is 0 Å². The maximum absolute atomic E-state index is 5.67. The molecule has 0 saturated heterocycles. The highest BCUT2D eigenvalue weighted by Crippen LogP contribution is 2.30. The molecule has 1 aliphatic rings. The third kappa shape index (κ3) is 2.97. The van der Waals surface area contributed by atoms with Gasteiger partial charge in [0.2, 0.25) is 0 Å². The molecule has 0 bridgehead atoms. The number of anilines is 1. The summed E-state index contributed by atoms with van der Waals surface area (Å²) in [5, 5.41) is 0. The molecule has 3 heteroatoms. The van der Waals surface area contributed by atoms with Gasteiger partial charge in [0, 0.05) is 18.9 Å². The number of para-hydroxylation sites is 2. The zero-order chi connectivity index (χ0) is 12.8. The molecule has 0 aromatic heterocycles. The maximum atomic E-state index is 5.67. The van der Waals surface area contributed by atoms with Crippen molar-refractivity contribution in [3.8, 4) is 5.75 Å². The van der Waals surface area contributed by atoms with E-state index in [1.807, 2.05) is 19.1 Å². The van der Waals surface area contributed by atoms with E-state index in [4.69, 9.17) is 4.74 Å². The van der Waals surface area contributed by atoms with Crippen molar-refractivity contribution in [3.63, 3.8) is 0 Å². The first kappa shape index (κ1) is 12.8. The fourth-order valence-electron chi connectivity index (χ4n) is 2.10. The van der Waals surface area contributed by atoms with E-state index < -0.39 is 0 Å². The molecule has 0 unspecified atom stereocenters. The van der Waals surface area contributed by atoms with Crippen molar-refractivity contribution in [2.75, 3.05) is 24.7 Å². The van der Waals surface area contributed by atoms with Crippen molar-refractivity contribution >= 4 is 5.69 Å². The molecule has 0 saturated carbocycles. The Kier molecular flexibility index (Phi) is 4.51. The van der Waals surface area contributed by atoms with E-state index in [2.05, 4.69) is 41.3 Å². The van der Waals surface area contributed by atoms with Gasteiger partial charge in [-0.2, -0.15) is 0 Å². The van der Waals surface area contributed by atoms with E-state index in [1.165, 1.54) is 12.8 Å². The minimum Gasteiger partial charge on any atom is -0.492 e. The van der Waals surface area contributed by atoms with Crippen molar-refractivity contribution in [1.82, 2.24) is 4.90 Å². The van der Waals surface area contributed by atoms with Crippen molar-refractivity contribution in [2.24, 2.45) is 0 Å². The highest BCUT2D eigenvalue weighted by molar-refractivity contribution is 5.60. The molecule has 0 spiro atoms. The molecule has 2 rings (SSSR count). The van der Waals surface area contributed by atoms with Crippen molar-refractivity contribution in [3.05, 3.63) is 36.7 Å². The average molecular weight is 246 g/mol. The van der Waals surface area contributed by atoms with Gasteiger partial charge in [-0.1, -0.05) is 25.5 Å². The van der Waals surface area contributed by atoms with Gasteiger partial charge in [0.15, 0.2) is 0 Å². The van der Waals surface area contributed by atoms with Crippen LogP contribution in [0.2, 0.25) is 0 Å². The smallest absolute Gasteiger partial charge is 0.142 e. The van der Waals surface area contributed by atoms with Crippen molar-refractivity contribution in [2.45, 2.75) is 26.7 Å². The predicted octanol–water partition coefficient (Wildman–Crippen LogP) is 3.44. The molecule has 1 aromatic rings.